The van der Waals surface area contributed by atoms with Gasteiger partial charge in [-0.3, -0.25) is 0 Å². The minimum absolute atomic E-state index is 0.140. The lowest BCUT2D eigenvalue weighted by Gasteiger charge is -2.36. The quantitative estimate of drug-likeness (QED) is 0.125. The Balaban J connectivity index is 1.57. The summed E-state index contributed by atoms with van der Waals surface area (Å²) >= 11 is 6.80. The summed E-state index contributed by atoms with van der Waals surface area (Å²) in [6.07, 6.45) is -2.07. The van der Waals surface area contributed by atoms with Crippen molar-refractivity contribution in [1.29, 1.82) is 0 Å². The third-order valence-corrected chi connectivity index (χ3v) is 9.77. The Morgan fingerprint density at radius 3 is 1.77 bits per heavy atom. The number of carbonyl (C=O) groups excluding carboxylic acids is 1. The molecule has 6 aromatic rings. The van der Waals surface area contributed by atoms with Gasteiger partial charge in [-0.15, -0.1) is 0 Å². The minimum Gasteiger partial charge on any atom is -0.496 e. The predicted molar refractivity (Wildman–Crippen MR) is 204 cm³/mol. The summed E-state index contributed by atoms with van der Waals surface area (Å²) in [5.41, 5.74) is 5.69. The molecule has 0 radical (unpaired) electrons. The van der Waals surface area contributed by atoms with Crippen molar-refractivity contribution in [2.24, 2.45) is 0 Å². The highest BCUT2D eigenvalue weighted by molar-refractivity contribution is 6.34. The Kier molecular flexibility index (Phi) is 10.5. The van der Waals surface area contributed by atoms with Crippen molar-refractivity contribution in [2.45, 2.75) is 39.0 Å². The molecule has 1 aliphatic carbocycles. The molecule has 0 saturated heterocycles. The molecule has 8 nitrogen and oxygen atoms in total. The van der Waals surface area contributed by atoms with Gasteiger partial charge in [-0.2, -0.15) is 0 Å². The van der Waals surface area contributed by atoms with Crippen LogP contribution in [-0.2, 0) is 29.3 Å². The molecule has 0 amide bonds. The molecular weight excluding hydrogens is 692 g/mol. The Hall–Kier alpha value is -5.54. The summed E-state index contributed by atoms with van der Waals surface area (Å²) in [5, 5.41) is 13.9. The molecular formula is C44H39ClO8. The van der Waals surface area contributed by atoms with Gasteiger partial charge in [0.25, 0.3) is 0 Å². The molecule has 9 heteroatoms. The van der Waals surface area contributed by atoms with Crippen LogP contribution in [0.25, 0.3) is 21.9 Å². The number of aliphatic hydroxyl groups excluding tert-OH is 1. The van der Waals surface area contributed by atoms with Gasteiger partial charge < -0.3 is 33.5 Å². The van der Waals surface area contributed by atoms with Gasteiger partial charge in [-0.25, -0.2) is 4.79 Å². The fourth-order valence-electron chi connectivity index (χ4n) is 7.02. The van der Waals surface area contributed by atoms with Crippen LogP contribution >= 0.6 is 11.6 Å². The number of carbonyl (C=O) groups is 1. The van der Waals surface area contributed by atoms with E-state index < -0.39 is 18.2 Å². The van der Waals surface area contributed by atoms with E-state index in [0.717, 1.165) is 16.7 Å². The number of esters is 1. The highest BCUT2D eigenvalue weighted by Crippen LogP contribution is 2.59. The summed E-state index contributed by atoms with van der Waals surface area (Å²) in [6.45, 7) is 2.33. The first-order valence-electron chi connectivity index (χ1n) is 17.2. The molecule has 0 unspecified atom stereocenters. The first-order chi connectivity index (χ1) is 25.8. The van der Waals surface area contributed by atoms with Crippen LogP contribution in [0.4, 0.5) is 0 Å². The van der Waals surface area contributed by atoms with Crippen molar-refractivity contribution in [2.75, 3.05) is 21.3 Å². The molecule has 0 bridgehead atoms. The maximum absolute atomic E-state index is 13.6. The van der Waals surface area contributed by atoms with Crippen molar-refractivity contribution in [3.8, 4) is 34.1 Å². The smallest absolute Gasteiger partial charge is 0.341 e. The van der Waals surface area contributed by atoms with Crippen molar-refractivity contribution in [1.82, 2.24) is 0 Å². The first kappa shape index (κ1) is 35.8. The first-order valence-corrected chi connectivity index (χ1v) is 17.6. The number of methoxy groups -OCH3 is 3. The number of halogens is 1. The third kappa shape index (κ3) is 6.89. The number of hydrogen-bond donors (Lipinski definition) is 1. The topological polar surface area (TPSA) is 92.7 Å². The molecule has 0 fully saturated rings. The average molecular weight is 731 g/mol. The lowest BCUT2D eigenvalue weighted by Crippen LogP contribution is -2.23. The van der Waals surface area contributed by atoms with Gasteiger partial charge in [-0.05, 0) is 46.4 Å². The highest BCUT2D eigenvalue weighted by Gasteiger charge is 2.41. The molecule has 1 N–H and O–H groups in total. The monoisotopic (exact) mass is 730 g/mol. The van der Waals surface area contributed by atoms with Gasteiger partial charge in [0, 0.05) is 22.6 Å². The second kappa shape index (κ2) is 15.6. The van der Waals surface area contributed by atoms with E-state index in [-0.39, 0.29) is 31.1 Å². The molecule has 7 rings (SSSR count). The summed E-state index contributed by atoms with van der Waals surface area (Å²) in [5.74, 6) is 0.931. The number of hydrogen-bond acceptors (Lipinski definition) is 8. The van der Waals surface area contributed by atoms with Gasteiger partial charge in [0.05, 0.1) is 38.3 Å². The van der Waals surface area contributed by atoms with Crippen molar-refractivity contribution >= 4 is 28.3 Å². The van der Waals surface area contributed by atoms with E-state index >= 15 is 0 Å². The number of ether oxygens (including phenoxy) is 6. The van der Waals surface area contributed by atoms with E-state index in [1.165, 1.54) is 7.11 Å². The van der Waals surface area contributed by atoms with E-state index in [9.17, 15) is 9.90 Å². The van der Waals surface area contributed by atoms with E-state index in [1.54, 1.807) is 33.3 Å². The zero-order valence-electron chi connectivity index (χ0n) is 29.9. The normalized spacial score (nSPS) is 14.6. The molecule has 0 heterocycles. The van der Waals surface area contributed by atoms with E-state index in [2.05, 4.69) is 0 Å². The predicted octanol–water partition coefficient (Wildman–Crippen LogP) is 9.74. The van der Waals surface area contributed by atoms with Crippen LogP contribution in [0.2, 0.25) is 5.02 Å². The van der Waals surface area contributed by atoms with Crippen molar-refractivity contribution in [3.05, 3.63) is 153 Å². The molecule has 0 saturated carbocycles. The standard InChI is InChI=1S/C44H39ClO8/c1-26-20-30-37(42(35(26)44(47)50-4)52-24-28-16-10-6-11-17-28)38-32(41(39(30)46)51-23-27-14-8-5-9-15-27)21-31-36(34(48-2)22-33(45)40(31)49-3)43(38)53-25-29-18-12-7-13-19-29/h5-22,39,41,46H,23-25H2,1-4H3/t39-,41-/m0/s1. The van der Waals surface area contributed by atoms with Crippen LogP contribution < -0.4 is 18.9 Å². The summed E-state index contributed by atoms with van der Waals surface area (Å²) in [7, 11) is 4.45. The van der Waals surface area contributed by atoms with Crippen LogP contribution in [0.15, 0.2) is 109 Å². The molecule has 1 aliphatic rings. The third-order valence-electron chi connectivity index (χ3n) is 9.49. The molecule has 270 valence electrons. The summed E-state index contributed by atoms with van der Waals surface area (Å²) < 4.78 is 37.4. The Labute approximate surface area is 313 Å². The zero-order chi connectivity index (χ0) is 37.1. The molecule has 0 aliphatic heterocycles. The second-order valence-electron chi connectivity index (χ2n) is 12.8. The Morgan fingerprint density at radius 2 is 1.23 bits per heavy atom. The lowest BCUT2D eigenvalue weighted by atomic mass is 9.77. The van der Waals surface area contributed by atoms with Gasteiger partial charge in [0.1, 0.15) is 54.0 Å². The van der Waals surface area contributed by atoms with Gasteiger partial charge in [-0.1, -0.05) is 109 Å². The van der Waals surface area contributed by atoms with E-state index in [4.69, 9.17) is 40.0 Å². The van der Waals surface area contributed by atoms with Crippen LogP contribution in [0.3, 0.4) is 0 Å². The van der Waals surface area contributed by atoms with E-state index in [1.807, 2.05) is 97.1 Å². The largest absolute Gasteiger partial charge is 0.496 e. The van der Waals surface area contributed by atoms with Gasteiger partial charge in [0.15, 0.2) is 0 Å². The number of aryl methyl sites for hydroxylation is 1. The van der Waals surface area contributed by atoms with Crippen LogP contribution in [0.5, 0.6) is 23.0 Å². The number of fused-ring (bicyclic) bond motifs is 4. The highest BCUT2D eigenvalue weighted by atomic mass is 35.5. The summed E-state index contributed by atoms with van der Waals surface area (Å²) in [6, 6.07) is 34.6. The molecule has 6 aromatic carbocycles. The average Bonchev–Trinajstić information content (AvgIpc) is 3.19. The zero-order valence-corrected chi connectivity index (χ0v) is 30.6. The van der Waals surface area contributed by atoms with Crippen LogP contribution in [0.1, 0.15) is 55.9 Å². The number of benzene rings is 6. The molecule has 2 atom stereocenters. The summed E-state index contributed by atoms with van der Waals surface area (Å²) in [4.78, 5) is 13.6. The van der Waals surface area contributed by atoms with E-state index in [0.29, 0.717) is 60.9 Å². The molecule has 53 heavy (non-hydrogen) atoms. The van der Waals surface area contributed by atoms with Crippen molar-refractivity contribution < 1.29 is 38.3 Å². The molecule has 0 spiro atoms. The maximum Gasteiger partial charge on any atom is 0.341 e. The number of aliphatic hydroxyl groups is 1. The molecule has 0 aromatic heterocycles. The number of rotatable bonds is 12. The van der Waals surface area contributed by atoms with Gasteiger partial charge in [0.2, 0.25) is 0 Å². The van der Waals surface area contributed by atoms with Crippen molar-refractivity contribution in [3.63, 3.8) is 0 Å². The fraction of sp³-hybridized carbons (Fsp3) is 0.205. The van der Waals surface area contributed by atoms with Gasteiger partial charge >= 0.3 is 5.97 Å². The Morgan fingerprint density at radius 1 is 0.679 bits per heavy atom. The van der Waals surface area contributed by atoms with Crippen LogP contribution in [-0.4, -0.2) is 32.4 Å². The Bertz CT molecular complexity index is 2260. The maximum atomic E-state index is 13.6. The minimum atomic E-state index is -1.18. The lowest BCUT2D eigenvalue weighted by molar-refractivity contribution is -0.0510. The SMILES string of the molecule is COC(=O)c1c(C)cc2c(c1OCc1ccccc1)-c1c(cc3c(OC)c(Cl)cc(OC)c3c1OCc1ccccc1)[C@H](OCc1ccccc1)[C@H]2O. The van der Waals surface area contributed by atoms with Crippen LogP contribution in [0, 0.1) is 6.92 Å². The fourth-order valence-corrected chi connectivity index (χ4v) is 7.29. The second-order valence-corrected chi connectivity index (χ2v) is 13.2.